The zero-order valence-electron chi connectivity index (χ0n) is 13.5. The van der Waals surface area contributed by atoms with Crippen molar-refractivity contribution in [2.24, 2.45) is 7.05 Å². The molecule has 1 saturated heterocycles. The Labute approximate surface area is 139 Å². The van der Waals surface area contributed by atoms with Crippen molar-refractivity contribution in [3.05, 3.63) is 36.3 Å². The van der Waals surface area contributed by atoms with Gasteiger partial charge in [-0.2, -0.15) is 15.1 Å². The van der Waals surface area contributed by atoms with E-state index in [9.17, 15) is 4.39 Å². The van der Waals surface area contributed by atoms with Gasteiger partial charge in [-0.1, -0.05) is 0 Å². The summed E-state index contributed by atoms with van der Waals surface area (Å²) in [5, 5.41) is 8.41. The van der Waals surface area contributed by atoms with Crippen LogP contribution < -0.4 is 10.2 Å². The number of rotatable bonds is 3. The molecule has 0 atom stereocenters. The minimum Gasteiger partial charge on any atom is -0.341 e. The molecule has 1 aromatic carbocycles. The molecule has 7 heteroatoms. The highest BCUT2D eigenvalue weighted by Crippen LogP contribution is 2.27. The van der Waals surface area contributed by atoms with Crippen LogP contribution in [0.25, 0.3) is 11.0 Å². The predicted molar refractivity (Wildman–Crippen MR) is 92.1 cm³/mol. The second kappa shape index (κ2) is 6.07. The molecule has 3 heterocycles. The van der Waals surface area contributed by atoms with E-state index in [1.165, 1.54) is 18.6 Å². The lowest BCUT2D eigenvalue weighted by molar-refractivity contribution is 0.568. The fourth-order valence-corrected chi connectivity index (χ4v) is 3.01. The Morgan fingerprint density at radius 2 is 1.79 bits per heavy atom. The van der Waals surface area contributed by atoms with Gasteiger partial charge in [0.15, 0.2) is 5.65 Å². The van der Waals surface area contributed by atoms with Gasteiger partial charge in [0.25, 0.3) is 0 Å². The van der Waals surface area contributed by atoms with E-state index in [0.717, 1.165) is 48.6 Å². The molecule has 6 nitrogen and oxygen atoms in total. The monoisotopic (exact) mass is 326 g/mol. The normalized spacial score (nSPS) is 15.0. The summed E-state index contributed by atoms with van der Waals surface area (Å²) in [4.78, 5) is 11.6. The van der Waals surface area contributed by atoms with Crippen molar-refractivity contribution in [2.45, 2.75) is 19.3 Å². The van der Waals surface area contributed by atoms with Gasteiger partial charge < -0.3 is 10.2 Å². The van der Waals surface area contributed by atoms with Crippen LogP contribution in [-0.2, 0) is 7.05 Å². The molecule has 3 aromatic rings. The van der Waals surface area contributed by atoms with Crippen LogP contribution in [0.3, 0.4) is 0 Å². The average molecular weight is 326 g/mol. The van der Waals surface area contributed by atoms with Crippen LogP contribution in [0.5, 0.6) is 0 Å². The number of piperidine rings is 1. The van der Waals surface area contributed by atoms with Gasteiger partial charge in [-0.3, -0.25) is 4.68 Å². The Bertz CT molecular complexity index is 851. The Morgan fingerprint density at radius 3 is 2.54 bits per heavy atom. The van der Waals surface area contributed by atoms with Crippen LogP contribution in [0.2, 0.25) is 0 Å². The van der Waals surface area contributed by atoms with E-state index in [2.05, 4.69) is 15.3 Å². The molecular formula is C17H19FN6. The number of nitrogens with zero attached hydrogens (tertiary/aromatic N) is 5. The molecule has 0 spiro atoms. The third-order valence-electron chi connectivity index (χ3n) is 4.33. The highest BCUT2D eigenvalue weighted by atomic mass is 19.1. The van der Waals surface area contributed by atoms with Crippen LogP contribution in [0.15, 0.2) is 30.5 Å². The first-order valence-corrected chi connectivity index (χ1v) is 8.18. The largest absolute Gasteiger partial charge is 0.341 e. The number of aryl methyl sites for hydroxylation is 1. The molecule has 0 aliphatic carbocycles. The summed E-state index contributed by atoms with van der Waals surface area (Å²) in [5.74, 6) is 1.15. The third-order valence-corrected chi connectivity index (χ3v) is 4.33. The topological polar surface area (TPSA) is 58.9 Å². The summed E-state index contributed by atoms with van der Waals surface area (Å²) in [5.41, 5.74) is 1.57. The molecular weight excluding hydrogens is 307 g/mol. The standard InChI is InChI=1S/C17H19FN6/c1-23-16-14(11-19-23)15(20-13-7-5-12(18)6-8-13)21-17(22-16)24-9-3-2-4-10-24/h5-8,11H,2-4,9-10H2,1H3,(H,20,21,22). The fraction of sp³-hybridized carbons (Fsp3) is 0.353. The molecule has 0 bridgehead atoms. The van der Waals surface area contributed by atoms with Gasteiger partial charge in [0, 0.05) is 25.8 Å². The molecule has 0 amide bonds. The lowest BCUT2D eigenvalue weighted by atomic mass is 10.1. The van der Waals surface area contributed by atoms with E-state index >= 15 is 0 Å². The Morgan fingerprint density at radius 1 is 1.04 bits per heavy atom. The molecule has 0 saturated carbocycles. The van der Waals surface area contributed by atoms with Crippen molar-refractivity contribution in [1.82, 2.24) is 19.7 Å². The Hall–Kier alpha value is -2.70. The number of fused-ring (bicyclic) bond motifs is 1. The summed E-state index contributed by atoms with van der Waals surface area (Å²) in [6.07, 6.45) is 5.33. The molecule has 124 valence electrons. The van der Waals surface area contributed by atoms with Crippen molar-refractivity contribution < 1.29 is 4.39 Å². The van der Waals surface area contributed by atoms with Gasteiger partial charge in [-0.25, -0.2) is 4.39 Å². The first-order chi connectivity index (χ1) is 11.7. The van der Waals surface area contributed by atoms with Crippen LogP contribution in [0.1, 0.15) is 19.3 Å². The first kappa shape index (κ1) is 14.9. The summed E-state index contributed by atoms with van der Waals surface area (Å²) < 4.78 is 14.9. The number of hydrogen-bond acceptors (Lipinski definition) is 5. The molecule has 24 heavy (non-hydrogen) atoms. The number of halogens is 1. The third kappa shape index (κ3) is 2.77. The molecule has 0 radical (unpaired) electrons. The summed E-state index contributed by atoms with van der Waals surface area (Å²) in [6, 6.07) is 6.24. The molecule has 1 N–H and O–H groups in total. The van der Waals surface area contributed by atoms with Gasteiger partial charge in [0.05, 0.1) is 11.6 Å². The maximum atomic E-state index is 13.1. The quantitative estimate of drug-likeness (QED) is 0.801. The maximum Gasteiger partial charge on any atom is 0.229 e. The number of benzene rings is 1. The van der Waals surface area contributed by atoms with E-state index in [1.807, 2.05) is 7.05 Å². The van der Waals surface area contributed by atoms with E-state index in [-0.39, 0.29) is 5.82 Å². The van der Waals surface area contributed by atoms with E-state index < -0.39 is 0 Å². The predicted octanol–water partition coefficient (Wildman–Crippen LogP) is 3.24. The van der Waals surface area contributed by atoms with E-state index in [4.69, 9.17) is 9.97 Å². The molecule has 1 aliphatic rings. The lowest BCUT2D eigenvalue weighted by Gasteiger charge is -2.27. The molecule has 0 unspecified atom stereocenters. The Kier molecular flexibility index (Phi) is 3.76. The van der Waals surface area contributed by atoms with E-state index in [1.54, 1.807) is 23.0 Å². The minimum atomic E-state index is -0.260. The molecule has 2 aromatic heterocycles. The highest BCUT2D eigenvalue weighted by molar-refractivity contribution is 5.89. The van der Waals surface area contributed by atoms with Crippen molar-refractivity contribution in [1.29, 1.82) is 0 Å². The molecule has 4 rings (SSSR count). The van der Waals surface area contributed by atoms with Gasteiger partial charge in [-0.15, -0.1) is 0 Å². The smallest absolute Gasteiger partial charge is 0.229 e. The van der Waals surface area contributed by atoms with Gasteiger partial charge >= 0.3 is 0 Å². The van der Waals surface area contributed by atoms with Crippen molar-refractivity contribution in [2.75, 3.05) is 23.3 Å². The summed E-state index contributed by atoms with van der Waals surface area (Å²) >= 11 is 0. The fourth-order valence-electron chi connectivity index (χ4n) is 3.01. The average Bonchev–Trinajstić information content (AvgIpc) is 2.99. The van der Waals surface area contributed by atoms with Gasteiger partial charge in [-0.05, 0) is 43.5 Å². The maximum absolute atomic E-state index is 13.1. The van der Waals surface area contributed by atoms with Crippen LogP contribution >= 0.6 is 0 Å². The summed E-state index contributed by atoms with van der Waals surface area (Å²) in [7, 11) is 1.87. The van der Waals surface area contributed by atoms with Gasteiger partial charge in [0.2, 0.25) is 5.95 Å². The number of hydrogen-bond donors (Lipinski definition) is 1. The number of nitrogens with one attached hydrogen (secondary N) is 1. The second-order valence-electron chi connectivity index (χ2n) is 6.06. The lowest BCUT2D eigenvalue weighted by Crippen LogP contribution is -2.31. The summed E-state index contributed by atoms with van der Waals surface area (Å²) in [6.45, 7) is 1.94. The molecule has 1 fully saturated rings. The van der Waals surface area contributed by atoms with Crippen molar-refractivity contribution >= 4 is 28.5 Å². The van der Waals surface area contributed by atoms with Crippen LogP contribution in [0, 0.1) is 5.82 Å². The minimum absolute atomic E-state index is 0.260. The zero-order valence-corrected chi connectivity index (χ0v) is 13.5. The highest BCUT2D eigenvalue weighted by Gasteiger charge is 2.18. The van der Waals surface area contributed by atoms with Crippen molar-refractivity contribution in [3.63, 3.8) is 0 Å². The van der Waals surface area contributed by atoms with Crippen molar-refractivity contribution in [3.8, 4) is 0 Å². The van der Waals surface area contributed by atoms with Crippen LogP contribution in [0.4, 0.5) is 21.8 Å². The SMILES string of the molecule is Cn1ncc2c(Nc3ccc(F)cc3)nc(N3CCCCC3)nc21. The molecule has 1 aliphatic heterocycles. The zero-order chi connectivity index (χ0) is 16.5. The van der Waals surface area contributed by atoms with Crippen LogP contribution in [-0.4, -0.2) is 32.8 Å². The Balaban J connectivity index is 1.76. The van der Waals surface area contributed by atoms with E-state index in [0.29, 0.717) is 5.82 Å². The first-order valence-electron chi connectivity index (χ1n) is 8.18. The van der Waals surface area contributed by atoms with Gasteiger partial charge in [0.1, 0.15) is 11.6 Å². The second-order valence-corrected chi connectivity index (χ2v) is 6.06. The number of aromatic nitrogens is 4. The number of anilines is 3.